The lowest BCUT2D eigenvalue weighted by molar-refractivity contribution is -0.121. The van der Waals surface area contributed by atoms with E-state index in [-0.39, 0.29) is 35.6 Å². The average molecular weight is 343 g/mol. The number of rotatable bonds is 6. The Morgan fingerprint density at radius 1 is 1.35 bits per heavy atom. The summed E-state index contributed by atoms with van der Waals surface area (Å²) < 4.78 is 13.6. The second kappa shape index (κ2) is 9.24. The Balaban J connectivity index is 0.00000264. The van der Waals surface area contributed by atoms with Gasteiger partial charge in [0.1, 0.15) is 5.82 Å². The molecule has 1 aliphatic carbocycles. The van der Waals surface area contributed by atoms with E-state index in [4.69, 9.17) is 5.73 Å². The maximum Gasteiger partial charge on any atom is 0.220 e. The zero-order valence-corrected chi connectivity index (χ0v) is 14.6. The minimum Gasteiger partial charge on any atom is -0.355 e. The number of amides is 1. The Labute approximate surface area is 144 Å². The third-order valence-electron chi connectivity index (χ3n) is 4.70. The Morgan fingerprint density at radius 2 is 2.04 bits per heavy atom. The first-order valence-electron chi connectivity index (χ1n) is 8.30. The van der Waals surface area contributed by atoms with Crippen LogP contribution in [-0.2, 0) is 10.2 Å². The van der Waals surface area contributed by atoms with E-state index in [2.05, 4.69) is 5.32 Å². The number of nitrogens with one attached hydrogen (secondary N) is 1. The van der Waals surface area contributed by atoms with E-state index in [1.807, 2.05) is 13.0 Å². The molecule has 1 fully saturated rings. The summed E-state index contributed by atoms with van der Waals surface area (Å²) in [7, 11) is 0. The van der Waals surface area contributed by atoms with E-state index in [1.165, 1.54) is 12.5 Å². The molecule has 3 N–H and O–H groups in total. The van der Waals surface area contributed by atoms with Crippen LogP contribution in [0.15, 0.2) is 24.3 Å². The zero-order valence-electron chi connectivity index (χ0n) is 13.8. The Hall–Kier alpha value is -1.13. The lowest BCUT2D eigenvalue weighted by Crippen LogP contribution is -2.42. The molecule has 0 heterocycles. The van der Waals surface area contributed by atoms with Gasteiger partial charge in [0.15, 0.2) is 0 Å². The van der Waals surface area contributed by atoms with Crippen molar-refractivity contribution in [2.75, 3.05) is 6.54 Å². The highest BCUT2D eigenvalue weighted by Gasteiger charge is 2.34. The van der Waals surface area contributed by atoms with Gasteiger partial charge in [-0.2, -0.15) is 0 Å². The molecule has 1 aliphatic rings. The molecule has 130 valence electrons. The Kier molecular flexibility index (Phi) is 8.00. The molecule has 1 aromatic carbocycles. The van der Waals surface area contributed by atoms with E-state index in [9.17, 15) is 9.18 Å². The van der Waals surface area contributed by atoms with Gasteiger partial charge in [-0.15, -0.1) is 12.4 Å². The monoisotopic (exact) mass is 342 g/mol. The Morgan fingerprint density at radius 3 is 2.65 bits per heavy atom. The number of carbonyl (C=O) groups excluding carboxylic acids is 1. The zero-order chi connectivity index (χ0) is 16.0. The fourth-order valence-corrected chi connectivity index (χ4v) is 3.33. The number of hydrogen-bond donors (Lipinski definition) is 2. The second-order valence-electron chi connectivity index (χ2n) is 6.64. The molecule has 3 nitrogen and oxygen atoms in total. The third kappa shape index (κ3) is 5.78. The van der Waals surface area contributed by atoms with Gasteiger partial charge in [0.2, 0.25) is 5.91 Å². The number of halogens is 2. The quantitative estimate of drug-likeness (QED) is 0.828. The van der Waals surface area contributed by atoms with Crippen molar-refractivity contribution >= 4 is 18.3 Å². The summed E-state index contributed by atoms with van der Waals surface area (Å²) in [5.74, 6) is -0.163. The van der Waals surface area contributed by atoms with Gasteiger partial charge in [-0.25, -0.2) is 4.39 Å². The van der Waals surface area contributed by atoms with Gasteiger partial charge in [-0.05, 0) is 43.9 Å². The molecule has 0 bridgehead atoms. The van der Waals surface area contributed by atoms with Crippen molar-refractivity contribution in [1.29, 1.82) is 0 Å². The minimum atomic E-state index is -0.203. The maximum absolute atomic E-state index is 13.6. The Bertz CT molecular complexity index is 502. The molecular formula is C18H28ClFN2O. The van der Waals surface area contributed by atoms with Crippen molar-refractivity contribution in [2.24, 2.45) is 5.73 Å². The van der Waals surface area contributed by atoms with E-state index in [0.717, 1.165) is 31.2 Å². The first-order valence-corrected chi connectivity index (χ1v) is 8.30. The predicted molar refractivity (Wildman–Crippen MR) is 94.3 cm³/mol. The first-order chi connectivity index (χ1) is 10.5. The van der Waals surface area contributed by atoms with Crippen molar-refractivity contribution in [3.05, 3.63) is 35.6 Å². The van der Waals surface area contributed by atoms with Crippen molar-refractivity contribution < 1.29 is 9.18 Å². The smallest absolute Gasteiger partial charge is 0.220 e. The molecule has 1 amide bonds. The van der Waals surface area contributed by atoms with Crippen LogP contribution < -0.4 is 11.1 Å². The van der Waals surface area contributed by atoms with Gasteiger partial charge in [0, 0.05) is 24.4 Å². The van der Waals surface area contributed by atoms with Gasteiger partial charge < -0.3 is 11.1 Å². The highest BCUT2D eigenvalue weighted by Crippen LogP contribution is 2.39. The first kappa shape index (κ1) is 19.9. The number of carbonyl (C=O) groups is 1. The van der Waals surface area contributed by atoms with E-state index < -0.39 is 0 Å². The molecule has 1 aromatic rings. The molecule has 5 heteroatoms. The highest BCUT2D eigenvalue weighted by molar-refractivity contribution is 5.85. The largest absolute Gasteiger partial charge is 0.355 e. The highest BCUT2D eigenvalue weighted by atomic mass is 35.5. The van der Waals surface area contributed by atoms with Crippen molar-refractivity contribution in [2.45, 2.75) is 63.3 Å². The molecule has 1 unspecified atom stereocenters. The molecule has 1 atom stereocenters. The minimum absolute atomic E-state index is 0. The summed E-state index contributed by atoms with van der Waals surface area (Å²) in [6.45, 7) is 2.50. The molecule has 0 aromatic heterocycles. The van der Waals surface area contributed by atoms with Crippen molar-refractivity contribution in [3.8, 4) is 0 Å². The fraction of sp³-hybridized carbons (Fsp3) is 0.611. The van der Waals surface area contributed by atoms with Crippen LogP contribution in [-0.4, -0.2) is 18.5 Å². The summed E-state index contributed by atoms with van der Waals surface area (Å²) in [5.41, 5.74) is 6.58. The van der Waals surface area contributed by atoms with Gasteiger partial charge >= 0.3 is 0 Å². The number of benzene rings is 1. The molecule has 0 spiro atoms. The molecule has 0 saturated heterocycles. The van der Waals surface area contributed by atoms with Crippen molar-refractivity contribution in [3.63, 3.8) is 0 Å². The number of hydrogen-bond acceptors (Lipinski definition) is 2. The van der Waals surface area contributed by atoms with Gasteiger partial charge in [0.25, 0.3) is 0 Å². The summed E-state index contributed by atoms with van der Waals surface area (Å²) in [6.07, 6.45) is 6.64. The molecule has 2 rings (SSSR count). The summed E-state index contributed by atoms with van der Waals surface area (Å²) in [4.78, 5) is 12.0. The SMILES string of the molecule is CC(N)CCC(=O)NCC1(c2cccc(F)c2)CCCCC1.Cl. The summed E-state index contributed by atoms with van der Waals surface area (Å²) >= 11 is 0. The maximum atomic E-state index is 13.6. The van der Waals surface area contributed by atoms with Gasteiger partial charge in [-0.3, -0.25) is 4.79 Å². The van der Waals surface area contributed by atoms with Crippen LogP contribution in [0.2, 0.25) is 0 Å². The van der Waals surface area contributed by atoms with E-state index in [0.29, 0.717) is 19.4 Å². The molecular weight excluding hydrogens is 315 g/mol. The summed E-state index contributed by atoms with van der Waals surface area (Å²) in [6, 6.07) is 6.89. The van der Waals surface area contributed by atoms with Gasteiger partial charge in [0.05, 0.1) is 0 Å². The van der Waals surface area contributed by atoms with Crippen LogP contribution in [0.3, 0.4) is 0 Å². The molecule has 0 aliphatic heterocycles. The second-order valence-corrected chi connectivity index (χ2v) is 6.64. The third-order valence-corrected chi connectivity index (χ3v) is 4.70. The van der Waals surface area contributed by atoms with Crippen molar-refractivity contribution in [1.82, 2.24) is 5.32 Å². The van der Waals surface area contributed by atoms with Crippen LogP contribution >= 0.6 is 12.4 Å². The van der Waals surface area contributed by atoms with Crippen LogP contribution in [0, 0.1) is 5.82 Å². The molecule has 0 radical (unpaired) electrons. The van der Waals surface area contributed by atoms with E-state index in [1.54, 1.807) is 12.1 Å². The number of nitrogens with two attached hydrogens (primary N) is 1. The summed E-state index contributed by atoms with van der Waals surface area (Å²) in [5, 5.41) is 3.05. The van der Waals surface area contributed by atoms with Crippen LogP contribution in [0.1, 0.15) is 57.4 Å². The normalized spacial score (nSPS) is 17.9. The standard InChI is InChI=1S/C18H27FN2O.ClH/c1-14(20)8-9-17(22)21-13-18(10-3-2-4-11-18)15-6-5-7-16(19)12-15;/h5-7,12,14H,2-4,8-11,13,20H2,1H3,(H,21,22);1H. The van der Waals surface area contributed by atoms with E-state index >= 15 is 0 Å². The predicted octanol–water partition coefficient (Wildman–Crippen LogP) is 3.69. The van der Waals surface area contributed by atoms with Gasteiger partial charge in [-0.1, -0.05) is 31.4 Å². The lowest BCUT2D eigenvalue weighted by atomic mass is 9.69. The van der Waals surface area contributed by atoms with Crippen LogP contribution in [0.4, 0.5) is 4.39 Å². The van der Waals surface area contributed by atoms with Crippen LogP contribution in [0.25, 0.3) is 0 Å². The van der Waals surface area contributed by atoms with Crippen LogP contribution in [0.5, 0.6) is 0 Å². The molecule has 23 heavy (non-hydrogen) atoms. The fourth-order valence-electron chi connectivity index (χ4n) is 3.33. The average Bonchev–Trinajstić information content (AvgIpc) is 2.52. The lowest BCUT2D eigenvalue weighted by Gasteiger charge is -2.38. The molecule has 1 saturated carbocycles. The topological polar surface area (TPSA) is 55.1 Å².